The number of aromatic nitrogens is 1. The van der Waals surface area contributed by atoms with Crippen LogP contribution in [-0.4, -0.2) is 16.4 Å². The number of nitriles is 1. The molecule has 1 amide bonds. The van der Waals surface area contributed by atoms with Gasteiger partial charge in [-0.15, -0.1) is 0 Å². The molecule has 5 heteroatoms. The van der Waals surface area contributed by atoms with Gasteiger partial charge in [-0.25, -0.2) is 4.98 Å². The average Bonchev–Trinajstić information content (AvgIpc) is 2.15. The lowest BCUT2D eigenvalue weighted by Gasteiger charge is -2.25. The van der Waals surface area contributed by atoms with Gasteiger partial charge in [0.1, 0.15) is 17.6 Å². The van der Waals surface area contributed by atoms with Crippen molar-refractivity contribution in [3.05, 3.63) is 23.9 Å². The predicted octanol–water partition coefficient (Wildman–Crippen LogP) is 1.02. The highest BCUT2D eigenvalue weighted by atomic mass is 16.1. The number of rotatable bonds is 4. The number of primary amides is 1. The number of nitrogens with zero attached hydrogens (tertiary/aromatic N) is 2. The first-order valence-corrected chi connectivity index (χ1v) is 4.86. The van der Waals surface area contributed by atoms with Crippen molar-refractivity contribution in [1.82, 2.24) is 4.98 Å². The maximum atomic E-state index is 10.8. The van der Waals surface area contributed by atoms with Crippen LogP contribution < -0.4 is 11.1 Å². The Hall–Kier alpha value is -2.09. The zero-order valence-corrected chi connectivity index (χ0v) is 9.32. The van der Waals surface area contributed by atoms with E-state index in [0.717, 1.165) is 0 Å². The summed E-state index contributed by atoms with van der Waals surface area (Å²) >= 11 is 0. The van der Waals surface area contributed by atoms with Crippen molar-refractivity contribution in [2.45, 2.75) is 25.8 Å². The summed E-state index contributed by atoms with van der Waals surface area (Å²) in [6, 6.07) is 7.04. The Morgan fingerprint density at radius 1 is 1.62 bits per heavy atom. The first-order chi connectivity index (χ1) is 7.43. The summed E-state index contributed by atoms with van der Waals surface area (Å²) in [5.41, 5.74) is 4.99. The summed E-state index contributed by atoms with van der Waals surface area (Å²) in [7, 11) is 0. The van der Waals surface area contributed by atoms with Crippen LogP contribution in [0.4, 0.5) is 5.82 Å². The van der Waals surface area contributed by atoms with Gasteiger partial charge in [0.2, 0.25) is 5.91 Å². The molecule has 3 N–H and O–H groups in total. The maximum Gasteiger partial charge on any atom is 0.219 e. The van der Waals surface area contributed by atoms with E-state index in [1.165, 1.54) is 0 Å². The molecule has 0 atom stereocenters. The minimum absolute atomic E-state index is 0.200. The van der Waals surface area contributed by atoms with E-state index >= 15 is 0 Å². The van der Waals surface area contributed by atoms with Crippen LogP contribution in [0.5, 0.6) is 0 Å². The summed E-state index contributed by atoms with van der Waals surface area (Å²) in [5.74, 6) is 0.180. The number of hydrogen-bond donors (Lipinski definition) is 2. The number of carbonyl (C=O) groups is 1. The van der Waals surface area contributed by atoms with Crippen LogP contribution in [-0.2, 0) is 4.79 Å². The number of carbonyl (C=O) groups excluding carboxylic acids is 1. The quantitative estimate of drug-likeness (QED) is 0.789. The van der Waals surface area contributed by atoms with E-state index in [0.29, 0.717) is 11.5 Å². The van der Waals surface area contributed by atoms with Crippen molar-refractivity contribution >= 4 is 11.7 Å². The lowest BCUT2D eigenvalue weighted by Crippen LogP contribution is -2.36. The van der Waals surface area contributed by atoms with Gasteiger partial charge < -0.3 is 11.1 Å². The van der Waals surface area contributed by atoms with Crippen LogP contribution in [0.3, 0.4) is 0 Å². The molecule has 16 heavy (non-hydrogen) atoms. The SMILES string of the molecule is CC(C)(CC(N)=O)Nc1cccc(C#N)n1. The van der Waals surface area contributed by atoms with Gasteiger partial charge in [-0.05, 0) is 26.0 Å². The van der Waals surface area contributed by atoms with Gasteiger partial charge in [-0.3, -0.25) is 4.79 Å². The van der Waals surface area contributed by atoms with Crippen LogP contribution in [0.15, 0.2) is 18.2 Å². The minimum Gasteiger partial charge on any atom is -0.370 e. The first kappa shape index (κ1) is 12.0. The second-order valence-corrected chi connectivity index (χ2v) is 4.17. The van der Waals surface area contributed by atoms with Gasteiger partial charge in [-0.2, -0.15) is 5.26 Å². The lowest BCUT2D eigenvalue weighted by atomic mass is 10.0. The number of hydrogen-bond acceptors (Lipinski definition) is 4. The molecule has 0 aromatic carbocycles. The molecular weight excluding hydrogens is 204 g/mol. The van der Waals surface area contributed by atoms with Crippen LogP contribution in [0.1, 0.15) is 26.0 Å². The van der Waals surface area contributed by atoms with Gasteiger partial charge in [0.25, 0.3) is 0 Å². The molecule has 0 aliphatic rings. The van der Waals surface area contributed by atoms with E-state index in [1.54, 1.807) is 18.2 Å². The standard InChI is InChI=1S/C11H14N4O/c1-11(2,6-9(13)16)15-10-5-3-4-8(7-12)14-10/h3-5H,6H2,1-2H3,(H2,13,16)(H,14,15). The minimum atomic E-state index is -0.479. The summed E-state index contributed by atoms with van der Waals surface area (Å²) in [6.07, 6.45) is 0.200. The molecule has 0 aliphatic heterocycles. The number of amides is 1. The van der Waals surface area contributed by atoms with Gasteiger partial charge in [0.15, 0.2) is 0 Å². The highest BCUT2D eigenvalue weighted by Gasteiger charge is 2.20. The first-order valence-electron chi connectivity index (χ1n) is 4.86. The second-order valence-electron chi connectivity index (χ2n) is 4.17. The fourth-order valence-electron chi connectivity index (χ4n) is 1.39. The van der Waals surface area contributed by atoms with Crippen molar-refractivity contribution in [2.24, 2.45) is 5.73 Å². The predicted molar refractivity (Wildman–Crippen MR) is 60.5 cm³/mol. The van der Waals surface area contributed by atoms with Gasteiger partial charge >= 0.3 is 0 Å². The Balaban J connectivity index is 2.80. The van der Waals surface area contributed by atoms with E-state index < -0.39 is 5.54 Å². The smallest absolute Gasteiger partial charge is 0.219 e. The van der Waals surface area contributed by atoms with E-state index in [4.69, 9.17) is 11.0 Å². The van der Waals surface area contributed by atoms with Gasteiger partial charge in [0, 0.05) is 12.0 Å². The monoisotopic (exact) mass is 218 g/mol. The highest BCUT2D eigenvalue weighted by Crippen LogP contribution is 2.16. The Morgan fingerprint density at radius 3 is 2.88 bits per heavy atom. The molecule has 5 nitrogen and oxygen atoms in total. The molecule has 0 spiro atoms. The molecular formula is C11H14N4O. The van der Waals surface area contributed by atoms with Gasteiger partial charge in [0.05, 0.1) is 0 Å². The topological polar surface area (TPSA) is 91.8 Å². The molecule has 1 heterocycles. The summed E-state index contributed by atoms with van der Waals surface area (Å²) in [6.45, 7) is 3.69. The summed E-state index contributed by atoms with van der Waals surface area (Å²) in [4.78, 5) is 14.9. The summed E-state index contributed by atoms with van der Waals surface area (Å²) < 4.78 is 0. The highest BCUT2D eigenvalue weighted by molar-refractivity contribution is 5.75. The normalized spacial score (nSPS) is 10.6. The van der Waals surface area contributed by atoms with E-state index in [9.17, 15) is 4.79 Å². The Kier molecular flexibility index (Phi) is 3.46. The van der Waals surface area contributed by atoms with Crippen molar-refractivity contribution < 1.29 is 4.79 Å². The number of anilines is 1. The molecule has 84 valence electrons. The molecule has 0 saturated carbocycles. The van der Waals surface area contributed by atoms with Crippen molar-refractivity contribution in [2.75, 3.05) is 5.32 Å². The summed E-state index contributed by atoms with van der Waals surface area (Å²) in [5, 5.41) is 11.8. The molecule has 0 unspecified atom stereocenters. The van der Waals surface area contributed by atoms with Crippen LogP contribution >= 0.6 is 0 Å². The van der Waals surface area contributed by atoms with Crippen molar-refractivity contribution in [1.29, 1.82) is 5.26 Å². The van der Waals surface area contributed by atoms with E-state index in [1.807, 2.05) is 19.9 Å². The van der Waals surface area contributed by atoms with E-state index in [-0.39, 0.29) is 12.3 Å². The maximum absolute atomic E-state index is 10.8. The van der Waals surface area contributed by atoms with Crippen LogP contribution in [0.2, 0.25) is 0 Å². The third kappa shape index (κ3) is 3.58. The Labute approximate surface area is 94.3 Å². The number of pyridine rings is 1. The zero-order valence-electron chi connectivity index (χ0n) is 9.32. The Morgan fingerprint density at radius 2 is 2.31 bits per heavy atom. The van der Waals surface area contributed by atoms with Gasteiger partial charge in [-0.1, -0.05) is 6.07 Å². The third-order valence-corrected chi connectivity index (χ3v) is 1.95. The molecule has 0 saturated heterocycles. The Bertz CT molecular complexity index is 434. The van der Waals surface area contributed by atoms with Crippen LogP contribution in [0.25, 0.3) is 0 Å². The number of nitrogens with one attached hydrogen (secondary N) is 1. The fraction of sp³-hybridized carbons (Fsp3) is 0.364. The second kappa shape index (κ2) is 4.62. The molecule has 0 fully saturated rings. The van der Waals surface area contributed by atoms with E-state index in [2.05, 4.69) is 10.3 Å². The van der Waals surface area contributed by atoms with Crippen molar-refractivity contribution in [3.63, 3.8) is 0 Å². The molecule has 1 aromatic rings. The third-order valence-electron chi connectivity index (χ3n) is 1.95. The molecule has 1 rings (SSSR count). The van der Waals surface area contributed by atoms with Crippen LogP contribution in [0, 0.1) is 11.3 Å². The zero-order chi connectivity index (χ0) is 12.2. The largest absolute Gasteiger partial charge is 0.370 e. The molecule has 1 aromatic heterocycles. The fourth-order valence-corrected chi connectivity index (χ4v) is 1.39. The lowest BCUT2D eigenvalue weighted by molar-refractivity contribution is -0.118. The molecule has 0 bridgehead atoms. The average molecular weight is 218 g/mol. The van der Waals surface area contributed by atoms with Crippen molar-refractivity contribution in [3.8, 4) is 6.07 Å². The molecule has 0 aliphatic carbocycles. The molecule has 0 radical (unpaired) electrons. The number of nitrogens with two attached hydrogens (primary N) is 1.